The van der Waals surface area contributed by atoms with Crippen LogP contribution in [0, 0.1) is 11.8 Å². The van der Waals surface area contributed by atoms with Crippen molar-refractivity contribution in [2.75, 3.05) is 32.8 Å². The first-order valence-electron chi connectivity index (χ1n) is 9.42. The number of hydrogen-bond donors (Lipinski definition) is 1. The molecule has 2 amide bonds. The summed E-state index contributed by atoms with van der Waals surface area (Å²) >= 11 is 0. The number of likely N-dealkylation sites (tertiary alicyclic amines) is 1. The first-order valence-corrected chi connectivity index (χ1v) is 9.42. The van der Waals surface area contributed by atoms with Crippen molar-refractivity contribution in [2.45, 2.75) is 32.1 Å². The van der Waals surface area contributed by atoms with Crippen LogP contribution in [0.25, 0.3) is 0 Å². The van der Waals surface area contributed by atoms with E-state index in [2.05, 4.69) is 17.4 Å². The fourth-order valence-corrected chi connectivity index (χ4v) is 3.68. The first-order chi connectivity index (χ1) is 12.2. The Bertz CT molecular complexity index is 562. The van der Waals surface area contributed by atoms with Gasteiger partial charge in [0.2, 0.25) is 11.8 Å². The largest absolute Gasteiger partial charge is 0.381 e. The summed E-state index contributed by atoms with van der Waals surface area (Å²) in [5.41, 5.74) is 1.24. The van der Waals surface area contributed by atoms with E-state index < -0.39 is 0 Å². The van der Waals surface area contributed by atoms with Crippen LogP contribution in [0.3, 0.4) is 0 Å². The average Bonchev–Trinajstić information content (AvgIpc) is 2.69. The molecule has 2 aliphatic heterocycles. The highest BCUT2D eigenvalue weighted by Gasteiger charge is 2.31. The van der Waals surface area contributed by atoms with Gasteiger partial charge in [0.1, 0.15) is 0 Å². The molecular weight excluding hydrogens is 316 g/mol. The van der Waals surface area contributed by atoms with Crippen LogP contribution in [0.2, 0.25) is 0 Å². The van der Waals surface area contributed by atoms with Crippen molar-refractivity contribution in [2.24, 2.45) is 11.8 Å². The number of rotatable bonds is 5. The Morgan fingerprint density at radius 2 is 1.68 bits per heavy atom. The number of ether oxygens (including phenoxy) is 1. The third-order valence-electron chi connectivity index (χ3n) is 5.30. The molecule has 3 rings (SSSR count). The molecule has 0 aromatic heterocycles. The van der Waals surface area contributed by atoms with Crippen molar-refractivity contribution in [1.82, 2.24) is 10.2 Å². The van der Waals surface area contributed by atoms with Gasteiger partial charge in [0.25, 0.3) is 0 Å². The van der Waals surface area contributed by atoms with E-state index in [4.69, 9.17) is 4.74 Å². The molecule has 0 radical (unpaired) electrons. The minimum atomic E-state index is 0.0366. The fourth-order valence-electron chi connectivity index (χ4n) is 3.68. The molecule has 0 bridgehead atoms. The van der Waals surface area contributed by atoms with Crippen LogP contribution in [-0.4, -0.2) is 49.6 Å². The van der Waals surface area contributed by atoms with E-state index in [0.717, 1.165) is 32.1 Å². The Hall–Kier alpha value is -1.88. The number of amides is 2. The lowest BCUT2D eigenvalue weighted by molar-refractivity contribution is -0.141. The van der Waals surface area contributed by atoms with Gasteiger partial charge in [0, 0.05) is 44.7 Å². The number of carbonyl (C=O) groups is 2. The van der Waals surface area contributed by atoms with Crippen LogP contribution >= 0.6 is 0 Å². The highest BCUT2D eigenvalue weighted by atomic mass is 16.5. The van der Waals surface area contributed by atoms with Crippen LogP contribution in [-0.2, 0) is 20.7 Å². The second-order valence-corrected chi connectivity index (χ2v) is 7.01. The van der Waals surface area contributed by atoms with Crippen LogP contribution in [0.15, 0.2) is 30.3 Å². The smallest absolute Gasteiger partial charge is 0.225 e. The van der Waals surface area contributed by atoms with E-state index in [1.807, 2.05) is 23.1 Å². The van der Waals surface area contributed by atoms with E-state index in [0.29, 0.717) is 32.8 Å². The summed E-state index contributed by atoms with van der Waals surface area (Å²) in [5.74, 6) is 0.542. The lowest BCUT2D eigenvalue weighted by atomic mass is 9.93. The Morgan fingerprint density at radius 3 is 2.36 bits per heavy atom. The maximum atomic E-state index is 12.5. The Balaban J connectivity index is 1.37. The van der Waals surface area contributed by atoms with E-state index in [1.54, 1.807) is 0 Å². The number of nitrogens with one attached hydrogen (secondary N) is 1. The van der Waals surface area contributed by atoms with Crippen molar-refractivity contribution in [3.05, 3.63) is 35.9 Å². The van der Waals surface area contributed by atoms with E-state index in [-0.39, 0.29) is 23.7 Å². The zero-order chi connectivity index (χ0) is 17.5. The summed E-state index contributed by atoms with van der Waals surface area (Å²) < 4.78 is 5.33. The van der Waals surface area contributed by atoms with Crippen LogP contribution in [0.1, 0.15) is 31.2 Å². The van der Waals surface area contributed by atoms with Crippen molar-refractivity contribution >= 4 is 11.8 Å². The zero-order valence-corrected chi connectivity index (χ0v) is 14.8. The van der Waals surface area contributed by atoms with Gasteiger partial charge < -0.3 is 15.0 Å². The van der Waals surface area contributed by atoms with Gasteiger partial charge in [-0.1, -0.05) is 30.3 Å². The molecule has 0 unspecified atom stereocenters. The number of piperidine rings is 1. The molecule has 0 saturated carbocycles. The SMILES string of the molecule is O=C(NCCc1ccccc1)C1CCN(C(=O)C2CCOCC2)CC1. The molecule has 1 aromatic rings. The van der Waals surface area contributed by atoms with Gasteiger partial charge in [0.15, 0.2) is 0 Å². The lowest BCUT2D eigenvalue weighted by Gasteiger charge is -2.34. The van der Waals surface area contributed by atoms with Crippen LogP contribution in [0.4, 0.5) is 0 Å². The summed E-state index contributed by atoms with van der Waals surface area (Å²) in [5, 5.41) is 3.05. The van der Waals surface area contributed by atoms with Gasteiger partial charge >= 0.3 is 0 Å². The minimum absolute atomic E-state index is 0.0366. The molecule has 25 heavy (non-hydrogen) atoms. The van der Waals surface area contributed by atoms with Crippen molar-refractivity contribution in [3.63, 3.8) is 0 Å². The molecule has 5 heteroatoms. The average molecular weight is 344 g/mol. The second kappa shape index (κ2) is 8.99. The van der Waals surface area contributed by atoms with Gasteiger partial charge in [-0.25, -0.2) is 0 Å². The van der Waals surface area contributed by atoms with Crippen molar-refractivity contribution in [1.29, 1.82) is 0 Å². The summed E-state index contributed by atoms with van der Waals surface area (Å²) in [6.45, 7) is 3.46. The summed E-state index contributed by atoms with van der Waals surface area (Å²) in [7, 11) is 0. The fraction of sp³-hybridized carbons (Fsp3) is 0.600. The van der Waals surface area contributed by atoms with Crippen molar-refractivity contribution < 1.29 is 14.3 Å². The predicted octanol–water partition coefficient (Wildman–Crippen LogP) is 2.01. The first kappa shape index (κ1) is 17.9. The zero-order valence-electron chi connectivity index (χ0n) is 14.8. The predicted molar refractivity (Wildman–Crippen MR) is 96.0 cm³/mol. The van der Waals surface area contributed by atoms with E-state index in [1.165, 1.54) is 5.56 Å². The Labute approximate surface area is 149 Å². The number of benzene rings is 1. The standard InChI is InChI=1S/C20H28N2O3/c23-19(21-11-6-16-4-2-1-3-5-16)17-7-12-22(13-8-17)20(24)18-9-14-25-15-10-18/h1-5,17-18H,6-15H2,(H,21,23). The topological polar surface area (TPSA) is 58.6 Å². The molecule has 0 spiro atoms. The van der Waals surface area contributed by atoms with E-state index >= 15 is 0 Å². The minimum Gasteiger partial charge on any atom is -0.381 e. The van der Waals surface area contributed by atoms with Gasteiger partial charge in [-0.15, -0.1) is 0 Å². The quantitative estimate of drug-likeness (QED) is 0.889. The second-order valence-electron chi connectivity index (χ2n) is 7.01. The van der Waals surface area contributed by atoms with E-state index in [9.17, 15) is 9.59 Å². The highest BCUT2D eigenvalue weighted by Crippen LogP contribution is 2.23. The van der Waals surface area contributed by atoms with Crippen LogP contribution < -0.4 is 5.32 Å². The maximum Gasteiger partial charge on any atom is 0.225 e. The number of hydrogen-bond acceptors (Lipinski definition) is 3. The molecule has 2 aliphatic rings. The van der Waals surface area contributed by atoms with Gasteiger partial charge in [-0.05, 0) is 37.7 Å². The number of nitrogens with zero attached hydrogens (tertiary/aromatic N) is 1. The molecule has 2 fully saturated rings. The monoisotopic (exact) mass is 344 g/mol. The lowest BCUT2D eigenvalue weighted by Crippen LogP contribution is -2.46. The molecular formula is C20H28N2O3. The Kier molecular flexibility index (Phi) is 6.45. The molecule has 2 heterocycles. The molecule has 2 saturated heterocycles. The molecule has 1 N–H and O–H groups in total. The normalized spacial score (nSPS) is 19.6. The molecule has 1 aromatic carbocycles. The third kappa shape index (κ3) is 5.05. The van der Waals surface area contributed by atoms with Gasteiger partial charge in [-0.3, -0.25) is 9.59 Å². The van der Waals surface area contributed by atoms with Gasteiger partial charge in [0.05, 0.1) is 0 Å². The molecule has 5 nitrogen and oxygen atoms in total. The maximum absolute atomic E-state index is 12.5. The highest BCUT2D eigenvalue weighted by molar-refractivity contribution is 5.81. The van der Waals surface area contributed by atoms with Crippen LogP contribution in [0.5, 0.6) is 0 Å². The Morgan fingerprint density at radius 1 is 1.00 bits per heavy atom. The summed E-state index contributed by atoms with van der Waals surface area (Å²) in [6.07, 6.45) is 4.06. The van der Waals surface area contributed by atoms with Gasteiger partial charge in [-0.2, -0.15) is 0 Å². The third-order valence-corrected chi connectivity index (χ3v) is 5.30. The number of carbonyl (C=O) groups excluding carboxylic acids is 2. The summed E-state index contributed by atoms with van der Waals surface area (Å²) in [6, 6.07) is 10.2. The molecule has 0 aliphatic carbocycles. The summed E-state index contributed by atoms with van der Waals surface area (Å²) in [4.78, 5) is 26.8. The molecule has 136 valence electrons. The molecule has 0 atom stereocenters. The van der Waals surface area contributed by atoms with Crippen molar-refractivity contribution in [3.8, 4) is 0 Å².